The molecule has 0 saturated heterocycles. The third-order valence-corrected chi connectivity index (χ3v) is 3.93. The summed E-state index contributed by atoms with van der Waals surface area (Å²) in [5.41, 5.74) is 3.12. The maximum Gasteiger partial charge on any atom is 0.133 e. The minimum Gasteiger partial charge on any atom is -0.457 e. The standard InChI is InChI=1S/C16H17Cl2NO/c1-10-11(2)15(7-6-14(10)18)20-16-8-13(17)5-4-12(16)9-19-3/h4-8,19H,9H2,1-3H3. The van der Waals surface area contributed by atoms with Crippen molar-refractivity contribution in [2.24, 2.45) is 0 Å². The van der Waals surface area contributed by atoms with Gasteiger partial charge in [-0.2, -0.15) is 0 Å². The van der Waals surface area contributed by atoms with Crippen molar-refractivity contribution < 1.29 is 4.74 Å². The van der Waals surface area contributed by atoms with E-state index in [9.17, 15) is 0 Å². The summed E-state index contributed by atoms with van der Waals surface area (Å²) >= 11 is 12.2. The van der Waals surface area contributed by atoms with Crippen LogP contribution in [0, 0.1) is 13.8 Å². The molecule has 0 aliphatic carbocycles. The summed E-state index contributed by atoms with van der Waals surface area (Å²) in [6.45, 7) is 4.70. The normalized spacial score (nSPS) is 10.7. The summed E-state index contributed by atoms with van der Waals surface area (Å²) in [7, 11) is 1.90. The maximum atomic E-state index is 6.11. The molecule has 0 saturated carbocycles. The highest BCUT2D eigenvalue weighted by molar-refractivity contribution is 6.31. The minimum absolute atomic E-state index is 0.656. The van der Waals surface area contributed by atoms with Crippen LogP contribution in [0.2, 0.25) is 10.0 Å². The fraction of sp³-hybridized carbons (Fsp3) is 0.250. The lowest BCUT2D eigenvalue weighted by Crippen LogP contribution is -2.06. The van der Waals surface area contributed by atoms with E-state index in [0.717, 1.165) is 39.8 Å². The molecule has 0 radical (unpaired) electrons. The Kier molecular flexibility index (Phi) is 4.92. The lowest BCUT2D eigenvalue weighted by molar-refractivity contribution is 0.470. The quantitative estimate of drug-likeness (QED) is 0.846. The van der Waals surface area contributed by atoms with E-state index in [1.165, 1.54) is 0 Å². The number of ether oxygens (including phenoxy) is 1. The Hall–Kier alpha value is -1.22. The molecule has 106 valence electrons. The first-order valence-electron chi connectivity index (χ1n) is 6.39. The van der Waals surface area contributed by atoms with Gasteiger partial charge in [0.25, 0.3) is 0 Å². The van der Waals surface area contributed by atoms with Gasteiger partial charge in [0, 0.05) is 22.2 Å². The van der Waals surface area contributed by atoms with Crippen LogP contribution in [0.4, 0.5) is 0 Å². The highest BCUT2D eigenvalue weighted by Gasteiger charge is 2.10. The summed E-state index contributed by atoms with van der Waals surface area (Å²) in [6.07, 6.45) is 0. The zero-order chi connectivity index (χ0) is 14.7. The zero-order valence-corrected chi connectivity index (χ0v) is 13.3. The first-order valence-corrected chi connectivity index (χ1v) is 7.15. The zero-order valence-electron chi connectivity index (χ0n) is 11.8. The van der Waals surface area contributed by atoms with E-state index < -0.39 is 0 Å². The molecule has 1 N–H and O–H groups in total. The Morgan fingerprint density at radius 2 is 1.75 bits per heavy atom. The van der Waals surface area contributed by atoms with Crippen LogP contribution in [-0.2, 0) is 6.54 Å². The van der Waals surface area contributed by atoms with Crippen LogP contribution >= 0.6 is 23.2 Å². The molecular formula is C16H17Cl2NO. The molecule has 0 bridgehead atoms. The fourth-order valence-electron chi connectivity index (χ4n) is 1.95. The number of rotatable bonds is 4. The van der Waals surface area contributed by atoms with Crippen LogP contribution in [0.3, 0.4) is 0 Å². The Morgan fingerprint density at radius 1 is 1.00 bits per heavy atom. The summed E-state index contributed by atoms with van der Waals surface area (Å²) in [4.78, 5) is 0. The summed E-state index contributed by atoms with van der Waals surface area (Å²) < 4.78 is 6.03. The van der Waals surface area contributed by atoms with Gasteiger partial charge < -0.3 is 10.1 Å². The molecule has 0 amide bonds. The van der Waals surface area contributed by atoms with Gasteiger partial charge in [0.1, 0.15) is 11.5 Å². The van der Waals surface area contributed by atoms with Crippen molar-refractivity contribution in [1.82, 2.24) is 5.32 Å². The Morgan fingerprint density at radius 3 is 2.45 bits per heavy atom. The van der Waals surface area contributed by atoms with Crippen LogP contribution in [0.25, 0.3) is 0 Å². The number of benzene rings is 2. The molecule has 0 aliphatic rings. The molecule has 0 aromatic heterocycles. The highest BCUT2D eigenvalue weighted by Crippen LogP contribution is 2.33. The van der Waals surface area contributed by atoms with Gasteiger partial charge in [-0.1, -0.05) is 29.3 Å². The molecule has 0 unspecified atom stereocenters. The van der Waals surface area contributed by atoms with Crippen molar-refractivity contribution in [2.75, 3.05) is 7.05 Å². The van der Waals surface area contributed by atoms with Crippen molar-refractivity contribution in [3.8, 4) is 11.5 Å². The summed E-state index contributed by atoms with van der Waals surface area (Å²) in [5, 5.41) is 4.52. The Bertz CT molecular complexity index is 626. The van der Waals surface area contributed by atoms with Gasteiger partial charge in [-0.15, -0.1) is 0 Å². The van der Waals surface area contributed by atoms with E-state index in [1.54, 1.807) is 0 Å². The first-order chi connectivity index (χ1) is 9.52. The van der Waals surface area contributed by atoms with Gasteiger partial charge in [0.15, 0.2) is 0 Å². The van der Waals surface area contributed by atoms with E-state index in [4.69, 9.17) is 27.9 Å². The van der Waals surface area contributed by atoms with E-state index in [2.05, 4.69) is 5.32 Å². The van der Waals surface area contributed by atoms with E-state index >= 15 is 0 Å². The molecule has 2 aromatic rings. The van der Waals surface area contributed by atoms with Crippen molar-refractivity contribution in [2.45, 2.75) is 20.4 Å². The predicted octanol–water partition coefficient (Wildman–Crippen LogP) is 5.12. The second kappa shape index (κ2) is 6.49. The minimum atomic E-state index is 0.656. The van der Waals surface area contributed by atoms with Gasteiger partial charge in [0.05, 0.1) is 0 Å². The van der Waals surface area contributed by atoms with Gasteiger partial charge in [-0.05, 0) is 56.3 Å². The molecule has 2 aromatic carbocycles. The van der Waals surface area contributed by atoms with Crippen LogP contribution in [-0.4, -0.2) is 7.05 Å². The topological polar surface area (TPSA) is 21.3 Å². The van der Waals surface area contributed by atoms with E-state index in [0.29, 0.717) is 5.02 Å². The van der Waals surface area contributed by atoms with E-state index in [-0.39, 0.29) is 0 Å². The number of nitrogens with one attached hydrogen (secondary N) is 1. The molecule has 0 atom stereocenters. The molecule has 2 rings (SSSR count). The van der Waals surface area contributed by atoms with Crippen molar-refractivity contribution >= 4 is 23.2 Å². The van der Waals surface area contributed by atoms with Gasteiger partial charge in [-0.25, -0.2) is 0 Å². The smallest absolute Gasteiger partial charge is 0.133 e. The lowest BCUT2D eigenvalue weighted by Gasteiger charge is -2.15. The molecular weight excluding hydrogens is 293 g/mol. The largest absolute Gasteiger partial charge is 0.457 e. The first kappa shape index (κ1) is 15.2. The van der Waals surface area contributed by atoms with Crippen LogP contribution in [0.15, 0.2) is 30.3 Å². The molecule has 0 aliphatic heterocycles. The van der Waals surface area contributed by atoms with Crippen LogP contribution < -0.4 is 10.1 Å². The van der Waals surface area contributed by atoms with Crippen molar-refractivity contribution in [1.29, 1.82) is 0 Å². The van der Waals surface area contributed by atoms with Gasteiger partial charge in [0.2, 0.25) is 0 Å². The Labute approximate surface area is 129 Å². The second-order valence-corrected chi connectivity index (χ2v) is 5.52. The second-order valence-electron chi connectivity index (χ2n) is 4.68. The third kappa shape index (κ3) is 3.26. The van der Waals surface area contributed by atoms with Gasteiger partial charge in [-0.3, -0.25) is 0 Å². The van der Waals surface area contributed by atoms with Crippen molar-refractivity contribution in [3.63, 3.8) is 0 Å². The number of hydrogen-bond donors (Lipinski definition) is 1. The Balaban J connectivity index is 2.39. The molecule has 20 heavy (non-hydrogen) atoms. The summed E-state index contributed by atoms with van der Waals surface area (Å²) in [6, 6.07) is 9.39. The van der Waals surface area contributed by atoms with Crippen molar-refractivity contribution in [3.05, 3.63) is 57.1 Å². The monoisotopic (exact) mass is 309 g/mol. The molecule has 2 nitrogen and oxygen atoms in total. The predicted molar refractivity (Wildman–Crippen MR) is 85.2 cm³/mol. The summed E-state index contributed by atoms with van der Waals surface area (Å²) in [5.74, 6) is 1.56. The fourth-order valence-corrected chi connectivity index (χ4v) is 2.32. The van der Waals surface area contributed by atoms with Gasteiger partial charge >= 0.3 is 0 Å². The maximum absolute atomic E-state index is 6.11. The lowest BCUT2D eigenvalue weighted by atomic mass is 10.1. The molecule has 0 fully saturated rings. The van der Waals surface area contributed by atoms with Crippen LogP contribution in [0.1, 0.15) is 16.7 Å². The SMILES string of the molecule is CNCc1ccc(Cl)cc1Oc1ccc(Cl)c(C)c1C. The molecule has 0 heterocycles. The van der Waals surface area contributed by atoms with E-state index in [1.807, 2.05) is 51.2 Å². The molecule has 0 spiro atoms. The highest BCUT2D eigenvalue weighted by atomic mass is 35.5. The number of hydrogen-bond acceptors (Lipinski definition) is 2. The number of halogens is 2. The third-order valence-electron chi connectivity index (χ3n) is 3.29. The molecule has 4 heteroatoms. The average Bonchev–Trinajstić information content (AvgIpc) is 2.42. The van der Waals surface area contributed by atoms with Crippen LogP contribution in [0.5, 0.6) is 11.5 Å². The average molecular weight is 310 g/mol.